The molecule has 0 heterocycles. The maximum absolute atomic E-state index is 6.02. The number of hydrogen-bond acceptors (Lipinski definition) is 2. The number of unbranched alkanes of at least 4 members (excludes halogenated alkanes) is 3. The SMILES string of the molecule is CCCCCC1(CCCC(C)CC)c2cc(C(C)(C)c3ccccc3)ccc2-c2ccc(C(C)(C)c3ccc(OCCCCN)cc3)cc21. The second kappa shape index (κ2) is 16.1. The lowest BCUT2D eigenvalue weighted by Crippen LogP contribution is -2.28. The number of nitrogens with two attached hydrogens (primary N) is 1. The van der Waals surface area contributed by atoms with Gasteiger partial charge in [0.05, 0.1) is 6.61 Å². The first-order chi connectivity index (χ1) is 23.6. The first-order valence-electron chi connectivity index (χ1n) is 19.4. The maximum atomic E-state index is 6.02. The summed E-state index contributed by atoms with van der Waals surface area (Å²) < 4.78 is 6.02. The number of ether oxygens (including phenoxy) is 1. The van der Waals surface area contributed by atoms with Gasteiger partial charge in [-0.15, -0.1) is 0 Å². The first kappa shape index (κ1) is 36.9. The van der Waals surface area contributed by atoms with E-state index in [1.165, 1.54) is 84.7 Å². The molecular formula is C47H63NO. The molecule has 0 radical (unpaired) electrons. The van der Waals surface area contributed by atoms with Crippen LogP contribution in [-0.2, 0) is 16.2 Å². The minimum Gasteiger partial charge on any atom is -0.494 e. The van der Waals surface area contributed by atoms with Crippen LogP contribution in [0.1, 0.15) is 146 Å². The molecule has 2 unspecified atom stereocenters. The fourth-order valence-electron chi connectivity index (χ4n) is 8.16. The van der Waals surface area contributed by atoms with E-state index in [9.17, 15) is 0 Å². The van der Waals surface area contributed by atoms with Crippen LogP contribution in [0.15, 0.2) is 91.0 Å². The minimum absolute atomic E-state index is 0.0173. The molecule has 0 amide bonds. The van der Waals surface area contributed by atoms with Crippen LogP contribution in [0.2, 0.25) is 0 Å². The monoisotopic (exact) mass is 657 g/mol. The molecule has 0 saturated carbocycles. The van der Waals surface area contributed by atoms with Crippen LogP contribution in [0, 0.1) is 5.92 Å². The molecule has 4 aromatic carbocycles. The number of hydrogen-bond donors (Lipinski definition) is 1. The van der Waals surface area contributed by atoms with Crippen LogP contribution in [0.3, 0.4) is 0 Å². The Labute approximate surface area is 298 Å². The largest absolute Gasteiger partial charge is 0.494 e. The third-order valence-corrected chi connectivity index (χ3v) is 11.9. The Morgan fingerprint density at radius 2 is 1.18 bits per heavy atom. The highest BCUT2D eigenvalue weighted by Gasteiger charge is 2.44. The van der Waals surface area contributed by atoms with Gasteiger partial charge in [-0.2, -0.15) is 0 Å². The van der Waals surface area contributed by atoms with Gasteiger partial charge in [0.2, 0.25) is 0 Å². The van der Waals surface area contributed by atoms with Crippen LogP contribution in [0.5, 0.6) is 5.75 Å². The molecular weight excluding hydrogens is 595 g/mol. The van der Waals surface area contributed by atoms with Gasteiger partial charge in [0.1, 0.15) is 5.75 Å². The van der Waals surface area contributed by atoms with Crippen LogP contribution >= 0.6 is 0 Å². The molecule has 0 bridgehead atoms. The van der Waals surface area contributed by atoms with Gasteiger partial charge in [0.25, 0.3) is 0 Å². The molecule has 2 nitrogen and oxygen atoms in total. The summed E-state index contributed by atoms with van der Waals surface area (Å²) in [6.45, 7) is 18.1. The van der Waals surface area contributed by atoms with Gasteiger partial charge in [0.15, 0.2) is 0 Å². The zero-order valence-corrected chi connectivity index (χ0v) is 31.7. The Hall–Kier alpha value is -3.36. The van der Waals surface area contributed by atoms with Crippen molar-refractivity contribution < 1.29 is 4.74 Å². The van der Waals surface area contributed by atoms with Crippen LogP contribution in [0.25, 0.3) is 11.1 Å². The smallest absolute Gasteiger partial charge is 0.119 e. The Kier molecular flexibility index (Phi) is 12.1. The number of rotatable bonds is 18. The second-order valence-electron chi connectivity index (χ2n) is 16.0. The molecule has 2 atom stereocenters. The average molecular weight is 658 g/mol. The Morgan fingerprint density at radius 1 is 0.633 bits per heavy atom. The fraction of sp³-hybridized carbons (Fsp3) is 0.489. The highest BCUT2D eigenvalue weighted by atomic mass is 16.5. The van der Waals surface area contributed by atoms with Crippen molar-refractivity contribution in [3.8, 4) is 16.9 Å². The summed E-state index contributed by atoms with van der Waals surface area (Å²) in [7, 11) is 0. The maximum Gasteiger partial charge on any atom is 0.119 e. The van der Waals surface area contributed by atoms with Gasteiger partial charge in [0, 0.05) is 16.2 Å². The topological polar surface area (TPSA) is 35.2 Å². The van der Waals surface area contributed by atoms with E-state index < -0.39 is 0 Å². The first-order valence-corrected chi connectivity index (χ1v) is 19.4. The van der Waals surface area contributed by atoms with Crippen LogP contribution in [-0.4, -0.2) is 13.2 Å². The predicted molar refractivity (Wildman–Crippen MR) is 211 cm³/mol. The molecule has 0 spiro atoms. The van der Waals surface area contributed by atoms with E-state index in [4.69, 9.17) is 10.5 Å². The quantitative estimate of drug-likeness (QED) is 0.108. The lowest BCUT2D eigenvalue weighted by Gasteiger charge is -2.36. The molecule has 1 aliphatic rings. The third kappa shape index (κ3) is 7.86. The molecule has 0 saturated heterocycles. The predicted octanol–water partition coefficient (Wildman–Crippen LogP) is 12.5. The van der Waals surface area contributed by atoms with Gasteiger partial charge < -0.3 is 10.5 Å². The van der Waals surface area contributed by atoms with Gasteiger partial charge in [-0.05, 0) is 94.8 Å². The van der Waals surface area contributed by atoms with Crippen molar-refractivity contribution in [3.05, 3.63) is 124 Å². The number of fused-ring (bicyclic) bond motifs is 3. The van der Waals surface area contributed by atoms with Crippen molar-refractivity contribution in [1.29, 1.82) is 0 Å². The van der Waals surface area contributed by atoms with Crippen molar-refractivity contribution in [3.63, 3.8) is 0 Å². The van der Waals surface area contributed by atoms with E-state index in [-0.39, 0.29) is 16.2 Å². The summed E-state index contributed by atoms with van der Waals surface area (Å²) in [5.74, 6) is 1.70. The molecule has 0 fully saturated rings. The minimum atomic E-state index is -0.145. The molecule has 49 heavy (non-hydrogen) atoms. The third-order valence-electron chi connectivity index (χ3n) is 11.9. The summed E-state index contributed by atoms with van der Waals surface area (Å²) in [5, 5.41) is 0. The zero-order valence-electron chi connectivity index (χ0n) is 31.7. The van der Waals surface area contributed by atoms with Crippen LogP contribution < -0.4 is 10.5 Å². The fourth-order valence-corrected chi connectivity index (χ4v) is 8.16. The Morgan fingerprint density at radius 3 is 1.73 bits per heavy atom. The lowest BCUT2D eigenvalue weighted by molar-refractivity contribution is 0.307. The van der Waals surface area contributed by atoms with E-state index in [1.807, 2.05) is 0 Å². The molecule has 2 N–H and O–H groups in total. The molecule has 5 rings (SSSR count). The van der Waals surface area contributed by atoms with Crippen LogP contribution in [0.4, 0.5) is 0 Å². The van der Waals surface area contributed by atoms with Gasteiger partial charge in [-0.25, -0.2) is 0 Å². The highest BCUT2D eigenvalue weighted by Crippen LogP contribution is 2.56. The van der Waals surface area contributed by atoms with Crippen molar-refractivity contribution in [2.45, 2.75) is 129 Å². The van der Waals surface area contributed by atoms with E-state index in [1.54, 1.807) is 11.1 Å². The average Bonchev–Trinajstić information content (AvgIpc) is 3.39. The molecule has 2 heteroatoms. The van der Waals surface area contributed by atoms with E-state index in [2.05, 4.69) is 139 Å². The highest BCUT2D eigenvalue weighted by molar-refractivity contribution is 5.82. The summed E-state index contributed by atoms with van der Waals surface area (Å²) >= 11 is 0. The molecule has 4 aromatic rings. The molecule has 0 aliphatic heterocycles. The second-order valence-corrected chi connectivity index (χ2v) is 16.0. The number of benzene rings is 4. The van der Waals surface area contributed by atoms with E-state index >= 15 is 0 Å². The van der Waals surface area contributed by atoms with Crippen molar-refractivity contribution >= 4 is 0 Å². The molecule has 1 aliphatic carbocycles. The Bertz CT molecular complexity index is 1630. The van der Waals surface area contributed by atoms with Crippen molar-refractivity contribution in [2.75, 3.05) is 13.2 Å². The standard InChI is InChI=1S/C47H63NO/c1-8-10-14-29-47(30-17-18-35(3)9-2)43-33-38(45(4,5)36-19-12-11-13-20-36)23-27-41(43)42-28-24-39(34-44(42)47)46(6,7)37-21-25-40(26-22-37)49-32-16-15-31-48/h11-13,19-28,33-35H,8-10,14-18,29-32,48H2,1-7H3. The van der Waals surface area contributed by atoms with Gasteiger partial charge >= 0.3 is 0 Å². The van der Waals surface area contributed by atoms with Crippen molar-refractivity contribution in [1.82, 2.24) is 0 Å². The summed E-state index contributed by atoms with van der Waals surface area (Å²) in [4.78, 5) is 0. The van der Waals surface area contributed by atoms with Gasteiger partial charge in [-0.1, -0.05) is 166 Å². The summed E-state index contributed by atoms with van der Waals surface area (Å²) in [6, 6.07) is 34.8. The summed E-state index contributed by atoms with van der Waals surface area (Å²) in [6.07, 6.45) is 12.0. The normalized spacial score (nSPS) is 16.3. The Balaban J connectivity index is 1.59. The van der Waals surface area contributed by atoms with E-state index in [0.29, 0.717) is 13.2 Å². The molecule has 262 valence electrons. The summed E-state index contributed by atoms with van der Waals surface area (Å²) in [5.41, 5.74) is 17.0. The zero-order chi connectivity index (χ0) is 35.1. The lowest BCUT2D eigenvalue weighted by atomic mass is 9.68. The van der Waals surface area contributed by atoms with E-state index in [0.717, 1.165) is 24.5 Å². The molecule has 0 aromatic heterocycles. The van der Waals surface area contributed by atoms with Gasteiger partial charge in [-0.3, -0.25) is 0 Å². The van der Waals surface area contributed by atoms with Crippen molar-refractivity contribution in [2.24, 2.45) is 11.7 Å².